The number of nitro groups is 2. The minimum absolute atomic E-state index is 0.00708. The van der Waals surface area contributed by atoms with E-state index in [0.717, 1.165) is 20.9 Å². The van der Waals surface area contributed by atoms with Crippen molar-refractivity contribution in [2.45, 2.75) is 112 Å². The van der Waals surface area contributed by atoms with Gasteiger partial charge in [-0.15, -0.1) is 0 Å². The van der Waals surface area contributed by atoms with Crippen LogP contribution in [0, 0.1) is 23.8 Å². The zero-order valence-corrected chi connectivity index (χ0v) is 62.1. The molecule has 3 heterocycles. The Kier molecular flexibility index (Phi) is 42.6. The first-order valence-corrected chi connectivity index (χ1v) is 40.3. The summed E-state index contributed by atoms with van der Waals surface area (Å²) < 4.78 is 144. The molecule has 0 spiro atoms. The van der Waals surface area contributed by atoms with Crippen LogP contribution in [0.3, 0.4) is 0 Å². The van der Waals surface area contributed by atoms with E-state index >= 15 is 0 Å². The fourth-order valence-corrected chi connectivity index (χ4v) is 24.5. The lowest BCUT2D eigenvalue weighted by Gasteiger charge is -2.31. The molecule has 0 aliphatic rings. The van der Waals surface area contributed by atoms with Gasteiger partial charge in [0.05, 0.1) is 89.1 Å². The number of pyridine rings is 3. The summed E-state index contributed by atoms with van der Waals surface area (Å²) in [5.41, 5.74) is 1.54. The van der Waals surface area contributed by atoms with E-state index in [4.69, 9.17) is 54.3 Å². The fourth-order valence-electron chi connectivity index (χ4n) is 6.71. The second-order valence-electron chi connectivity index (χ2n) is 15.4. The van der Waals surface area contributed by atoms with Gasteiger partial charge in [0, 0.05) is 45.6 Å². The maximum Gasteiger partial charge on any atom is 0.346 e. The van der Waals surface area contributed by atoms with Gasteiger partial charge in [-0.2, -0.15) is 0 Å². The predicted octanol–water partition coefficient (Wildman–Crippen LogP) is 17.1. The van der Waals surface area contributed by atoms with Gasteiger partial charge in [-0.25, -0.2) is 15.0 Å². The fraction of sp³-hybridized carbons (Fsp3) is 0.667. The van der Waals surface area contributed by atoms with Gasteiger partial charge in [-0.3, -0.25) is 47.6 Å². The van der Waals surface area contributed by atoms with Gasteiger partial charge in [0.2, 0.25) is 0 Å². The van der Waals surface area contributed by atoms with Crippen molar-refractivity contribution < 1.29 is 91.5 Å². The Morgan fingerprint density at radius 3 is 0.928 bits per heavy atom. The average molecular weight is 1670 g/mol. The van der Waals surface area contributed by atoms with Crippen molar-refractivity contribution in [2.24, 2.45) is 0 Å². The Balaban J connectivity index is 0.00000113. The lowest BCUT2D eigenvalue weighted by molar-refractivity contribution is -0.385. The molecule has 0 radical (unpaired) electrons. The number of halogens is 5. The van der Waals surface area contributed by atoms with Crippen LogP contribution in [0.4, 0.5) is 11.4 Å². The molecule has 0 amide bonds. The van der Waals surface area contributed by atoms with Gasteiger partial charge in [0.1, 0.15) is 26.2 Å². The van der Waals surface area contributed by atoms with Gasteiger partial charge in [-0.1, -0.05) is 15.9 Å². The maximum atomic E-state index is 13.5. The largest absolute Gasteiger partial charge is 0.346 e. The van der Waals surface area contributed by atoms with Gasteiger partial charge in [0.25, 0.3) is 11.4 Å². The molecule has 3 rings (SSSR count). The third-order valence-corrected chi connectivity index (χ3v) is 30.3. The van der Waals surface area contributed by atoms with Gasteiger partial charge in [-0.05, 0) is 171 Å². The molecule has 478 valence electrons. The van der Waals surface area contributed by atoms with Gasteiger partial charge < -0.3 is 54.3 Å². The molecular formula is C45H76Br4IN5O22P6. The number of nitrogens with zero attached hydrogens (tertiary/aromatic N) is 5. The van der Waals surface area contributed by atoms with E-state index in [-0.39, 0.29) is 114 Å². The molecule has 0 N–H and O–H groups in total. The molecule has 0 unspecified atom stereocenters. The molecule has 0 atom stereocenters. The highest BCUT2D eigenvalue weighted by molar-refractivity contribution is 14.1. The highest BCUT2D eigenvalue weighted by Gasteiger charge is 2.52. The Hall–Kier alpha value is -0.200. The van der Waals surface area contributed by atoms with E-state index in [9.17, 15) is 47.6 Å². The van der Waals surface area contributed by atoms with Crippen molar-refractivity contribution in [1.29, 1.82) is 0 Å². The summed E-state index contributed by atoms with van der Waals surface area (Å²) in [6.45, 7) is 21.7. The monoisotopic (exact) mass is 1670 g/mol. The van der Waals surface area contributed by atoms with Crippen LogP contribution in [0.5, 0.6) is 0 Å². The van der Waals surface area contributed by atoms with E-state index in [2.05, 4.69) is 101 Å². The molecule has 38 heteroatoms. The van der Waals surface area contributed by atoms with Crippen LogP contribution >= 0.6 is 132 Å². The normalized spacial score (nSPS) is 12.3. The van der Waals surface area contributed by atoms with E-state index in [1.807, 2.05) is 6.07 Å². The molecule has 27 nitrogen and oxygen atoms in total. The van der Waals surface area contributed by atoms with Crippen molar-refractivity contribution in [3.05, 3.63) is 91.1 Å². The second kappa shape index (κ2) is 42.7. The Labute approximate surface area is 533 Å². The Morgan fingerprint density at radius 1 is 0.434 bits per heavy atom. The summed E-state index contributed by atoms with van der Waals surface area (Å²) >= 11 is 15.1. The third-order valence-electron chi connectivity index (χ3n) is 9.63. The van der Waals surface area contributed by atoms with Gasteiger partial charge in [0.15, 0.2) is 16.7 Å². The van der Waals surface area contributed by atoms with E-state index in [1.54, 1.807) is 89.3 Å². The first-order chi connectivity index (χ1) is 39.0. The highest BCUT2D eigenvalue weighted by atomic mass is 127. The maximum absolute atomic E-state index is 13.5. The topological polar surface area (TPSA) is 338 Å². The third kappa shape index (κ3) is 28.7. The van der Waals surface area contributed by atoms with Crippen LogP contribution in [0.25, 0.3) is 0 Å². The minimum atomic E-state index is -3.97. The summed E-state index contributed by atoms with van der Waals surface area (Å²) in [6, 6.07) is 4.61. The molecule has 83 heavy (non-hydrogen) atoms. The van der Waals surface area contributed by atoms with Crippen LogP contribution in [-0.4, -0.2) is 121 Å². The van der Waals surface area contributed by atoms with Crippen molar-refractivity contribution in [2.75, 3.05) is 85.2 Å². The smallest absolute Gasteiger partial charge is 0.308 e. The van der Waals surface area contributed by atoms with Crippen LogP contribution in [0.1, 0.15) is 99.8 Å². The lowest BCUT2D eigenvalue weighted by Crippen LogP contribution is -2.20. The Bertz CT molecular complexity index is 2600. The first-order valence-electron chi connectivity index (χ1n) is 25.8. The summed E-state index contributed by atoms with van der Waals surface area (Å²) in [6.07, 6.45) is 3.91. The predicted molar refractivity (Wildman–Crippen MR) is 339 cm³/mol. The molecule has 0 fully saturated rings. The molecular weight excluding hydrogens is 1590 g/mol. The number of hydrogen-bond donors (Lipinski definition) is 0. The lowest BCUT2D eigenvalue weighted by atomic mass is 10.2. The molecule has 3 aromatic rings. The second-order valence-corrected chi connectivity index (χ2v) is 33.8. The Morgan fingerprint density at radius 2 is 0.675 bits per heavy atom. The first kappa shape index (κ1) is 82.8. The summed E-state index contributed by atoms with van der Waals surface area (Å²) in [4.78, 5) is 32.3. The van der Waals surface area contributed by atoms with Crippen molar-refractivity contribution in [1.82, 2.24) is 15.0 Å². The molecule has 0 aliphatic carbocycles. The minimum Gasteiger partial charge on any atom is -0.308 e. The standard InChI is InChI=1S/C15H25BrINO6P2.C15H25BrN2O8P2.C9H22O6P2.C6H4Br2N2O2/c1-5-21-25(19,22-6-2)14(26(20,23-7-3)24-8-4)10-12-9-13(17)11-18-15(12)16;1-5-23-27(21,24-6-2)14(28(22,25-7-3)26-8-4)10-12-9-13(18(19)20)11-17-15(12)16;1-5-12-16(10,13-6-2)9-17(11,14-7-3)15-8-4;7-2-4-1-5(10(11)12)3-9-6(4)8/h9,11,14H,5-8,10H2,1-4H3;9,11,14H,5-8,10H2,1-4H3;5-9H2,1-4H3;1,3H,2H2. The molecule has 0 bridgehead atoms. The molecule has 0 saturated carbocycles. The molecule has 0 aliphatic heterocycles. The van der Waals surface area contributed by atoms with Crippen LogP contribution in [0.15, 0.2) is 50.6 Å². The number of aromatic nitrogens is 3. The SMILES string of the molecule is CCOP(=O)(CP(=O)(OCC)OCC)OCC.CCOP(=O)(OCC)C(Cc1cc(I)cnc1Br)P(=O)(OCC)OCC.CCOP(=O)(OCC)C(Cc1cc([N+](=O)[O-])cnc1Br)P(=O)(OCC)OCC.O=[N+]([O-])c1cnc(Br)c(CBr)c1. The summed E-state index contributed by atoms with van der Waals surface area (Å²) in [5, 5.41) is 19.5. The zero-order valence-electron chi connectivity index (χ0n) is 48.2. The van der Waals surface area contributed by atoms with Crippen molar-refractivity contribution in [3.63, 3.8) is 0 Å². The van der Waals surface area contributed by atoms with Crippen LogP contribution in [0.2, 0.25) is 0 Å². The number of hydrogen-bond acceptors (Lipinski definition) is 25. The van der Waals surface area contributed by atoms with E-state index < -0.39 is 66.2 Å². The van der Waals surface area contributed by atoms with Crippen molar-refractivity contribution >= 4 is 143 Å². The molecule has 0 aromatic carbocycles. The quantitative estimate of drug-likeness (QED) is 0.0129. The summed E-state index contributed by atoms with van der Waals surface area (Å²) in [5.74, 6) is -0.344. The van der Waals surface area contributed by atoms with Crippen molar-refractivity contribution in [3.8, 4) is 0 Å². The van der Waals surface area contributed by atoms with Crippen LogP contribution in [-0.2, 0) is 99.8 Å². The zero-order chi connectivity index (χ0) is 63.7. The van der Waals surface area contributed by atoms with E-state index in [1.165, 1.54) is 18.3 Å². The highest BCUT2D eigenvalue weighted by Crippen LogP contribution is 2.72. The number of rotatable bonds is 37. The number of alkyl halides is 1. The van der Waals surface area contributed by atoms with E-state index in [0.29, 0.717) is 20.1 Å². The molecule has 0 saturated heterocycles. The average Bonchev–Trinajstić information content (AvgIpc) is 3.40. The van der Waals surface area contributed by atoms with Gasteiger partial charge >= 0.3 is 45.6 Å². The molecule has 3 aromatic heterocycles. The van der Waals surface area contributed by atoms with Crippen LogP contribution < -0.4 is 0 Å². The summed E-state index contributed by atoms with van der Waals surface area (Å²) in [7, 11) is -22.3.